The van der Waals surface area contributed by atoms with Crippen molar-refractivity contribution in [1.82, 2.24) is 5.32 Å². The van der Waals surface area contributed by atoms with Crippen LogP contribution in [0.4, 0.5) is 15.8 Å². The molecule has 50 heavy (non-hydrogen) atoms. The number of rotatable bonds is 10. The van der Waals surface area contributed by atoms with Gasteiger partial charge in [0.1, 0.15) is 11.5 Å². The molecule has 1 aliphatic carbocycles. The summed E-state index contributed by atoms with van der Waals surface area (Å²) in [6.45, 7) is 1.86. The number of benzene rings is 5. The van der Waals surface area contributed by atoms with E-state index in [1.54, 1.807) is 97.1 Å². The van der Waals surface area contributed by atoms with Gasteiger partial charge in [0.2, 0.25) is 5.91 Å². The molecular weight excluding hydrogens is 654 g/mol. The summed E-state index contributed by atoms with van der Waals surface area (Å²) in [5.74, 6) is -2.50. The van der Waals surface area contributed by atoms with E-state index in [0.717, 1.165) is 0 Å². The first-order chi connectivity index (χ1) is 24.2. The van der Waals surface area contributed by atoms with Gasteiger partial charge in [-0.1, -0.05) is 79.7 Å². The number of anilines is 2. The van der Waals surface area contributed by atoms with E-state index < -0.39 is 22.9 Å². The first-order valence-corrected chi connectivity index (χ1v) is 16.6. The maximum atomic E-state index is 13.6. The third-order valence-electron chi connectivity index (χ3n) is 7.95. The third kappa shape index (κ3) is 7.45. The molecule has 5 aromatic carbocycles. The monoisotopic (exact) mass is 683 g/mol. The average Bonchev–Trinajstić information content (AvgIpc) is 3.13. The zero-order valence-electron chi connectivity index (χ0n) is 26.7. The number of amides is 3. The molecule has 0 aliphatic heterocycles. The summed E-state index contributed by atoms with van der Waals surface area (Å²) in [5, 5.41) is 7.74. The summed E-state index contributed by atoms with van der Waals surface area (Å²) >= 11 is 1.27. The molecule has 0 spiro atoms. The van der Waals surface area contributed by atoms with Gasteiger partial charge >= 0.3 is 0 Å². The topological polar surface area (TPSA) is 121 Å². The van der Waals surface area contributed by atoms with Gasteiger partial charge in [0.05, 0.1) is 16.5 Å². The van der Waals surface area contributed by atoms with E-state index in [1.807, 2.05) is 6.92 Å². The van der Waals surface area contributed by atoms with Crippen LogP contribution in [0.25, 0.3) is 6.08 Å². The predicted molar refractivity (Wildman–Crippen MR) is 192 cm³/mol. The lowest BCUT2D eigenvalue weighted by atomic mass is 9.83. The zero-order valence-corrected chi connectivity index (χ0v) is 27.6. The van der Waals surface area contributed by atoms with Gasteiger partial charge < -0.3 is 16.0 Å². The standard InChI is InChI=1S/C40H30FN3O5S/c1-2-34(40(49)43-32-17-9-16-31-35(32)37(46)30-15-7-6-14-29(30)36(31)45)50-28-13-8-12-27(23-28)42-39(48)33(22-24-18-20-26(41)21-19-24)44-38(47)25-10-4-3-5-11-25/h3-23,34H,2H2,1H3,(H,42,48)(H,43,49)(H,44,47)/b33-22+. The fraction of sp³-hybridized carbons (Fsp3) is 0.0750. The molecule has 0 saturated heterocycles. The van der Waals surface area contributed by atoms with Crippen LogP contribution in [-0.4, -0.2) is 34.5 Å². The van der Waals surface area contributed by atoms with Gasteiger partial charge in [-0.3, -0.25) is 24.0 Å². The lowest BCUT2D eigenvalue weighted by molar-refractivity contribution is -0.116. The van der Waals surface area contributed by atoms with E-state index in [-0.39, 0.29) is 40.0 Å². The molecule has 6 rings (SSSR count). The fourth-order valence-corrected chi connectivity index (χ4v) is 6.48. The first-order valence-electron chi connectivity index (χ1n) is 15.8. The number of ketones is 2. The van der Waals surface area contributed by atoms with Gasteiger partial charge in [-0.2, -0.15) is 0 Å². The highest BCUT2D eigenvalue weighted by Gasteiger charge is 2.32. The van der Waals surface area contributed by atoms with E-state index in [2.05, 4.69) is 16.0 Å². The Morgan fingerprint density at radius 3 is 2.12 bits per heavy atom. The van der Waals surface area contributed by atoms with Crippen LogP contribution in [0.2, 0.25) is 0 Å². The third-order valence-corrected chi connectivity index (χ3v) is 9.31. The summed E-state index contributed by atoms with van der Waals surface area (Å²) in [5.41, 5.74) is 2.50. The molecule has 3 amide bonds. The van der Waals surface area contributed by atoms with Crippen molar-refractivity contribution in [3.8, 4) is 0 Å². The van der Waals surface area contributed by atoms with Crippen LogP contribution in [-0.2, 0) is 9.59 Å². The van der Waals surface area contributed by atoms with Crippen LogP contribution in [0.1, 0.15) is 61.1 Å². The second-order valence-electron chi connectivity index (χ2n) is 11.3. The fourth-order valence-electron chi connectivity index (χ4n) is 5.46. The number of nitrogens with one attached hydrogen (secondary N) is 3. The van der Waals surface area contributed by atoms with Crippen molar-refractivity contribution < 1.29 is 28.4 Å². The van der Waals surface area contributed by atoms with Crippen LogP contribution in [0.15, 0.2) is 132 Å². The number of carbonyl (C=O) groups is 5. The second kappa shape index (κ2) is 15.0. The van der Waals surface area contributed by atoms with Crippen molar-refractivity contribution in [3.05, 3.63) is 166 Å². The first kappa shape index (κ1) is 33.8. The molecule has 0 aromatic heterocycles. The average molecular weight is 684 g/mol. The van der Waals surface area contributed by atoms with E-state index in [0.29, 0.717) is 39.3 Å². The van der Waals surface area contributed by atoms with Gasteiger partial charge in [0, 0.05) is 32.8 Å². The smallest absolute Gasteiger partial charge is 0.272 e. The summed E-state index contributed by atoms with van der Waals surface area (Å²) in [7, 11) is 0. The Balaban J connectivity index is 1.18. The van der Waals surface area contributed by atoms with Crippen molar-refractivity contribution in [3.63, 3.8) is 0 Å². The minimum absolute atomic E-state index is 0.0591. The molecule has 10 heteroatoms. The summed E-state index contributed by atoms with van der Waals surface area (Å²) in [6.07, 6.45) is 1.89. The number of thioether (sulfide) groups is 1. The van der Waals surface area contributed by atoms with Gasteiger partial charge in [0.15, 0.2) is 11.6 Å². The summed E-state index contributed by atoms with van der Waals surface area (Å²) in [6, 6.07) is 32.3. The Labute approximate surface area is 291 Å². The predicted octanol–water partition coefficient (Wildman–Crippen LogP) is 7.52. The number of carbonyl (C=O) groups excluding carboxylic acids is 5. The van der Waals surface area contributed by atoms with E-state index in [1.165, 1.54) is 42.1 Å². The van der Waals surface area contributed by atoms with Crippen molar-refractivity contribution in [2.45, 2.75) is 23.5 Å². The molecule has 8 nitrogen and oxygen atoms in total. The Kier molecular flexibility index (Phi) is 10.1. The minimum atomic E-state index is -0.611. The van der Waals surface area contributed by atoms with Crippen LogP contribution >= 0.6 is 11.8 Å². The molecule has 248 valence electrons. The van der Waals surface area contributed by atoms with Gasteiger partial charge in [-0.25, -0.2) is 4.39 Å². The molecule has 5 aromatic rings. The Morgan fingerprint density at radius 1 is 0.740 bits per heavy atom. The molecule has 0 radical (unpaired) electrons. The van der Waals surface area contributed by atoms with Crippen LogP contribution in [0, 0.1) is 5.82 Å². The maximum Gasteiger partial charge on any atom is 0.272 e. The van der Waals surface area contributed by atoms with Gasteiger partial charge in [0.25, 0.3) is 11.8 Å². The molecular formula is C40H30FN3O5S. The van der Waals surface area contributed by atoms with Crippen LogP contribution in [0.3, 0.4) is 0 Å². The molecule has 0 bridgehead atoms. The minimum Gasteiger partial charge on any atom is -0.324 e. The lowest BCUT2D eigenvalue weighted by Crippen LogP contribution is -2.30. The van der Waals surface area contributed by atoms with Crippen molar-refractivity contribution >= 4 is 58.5 Å². The molecule has 1 unspecified atom stereocenters. The lowest BCUT2D eigenvalue weighted by Gasteiger charge is -2.21. The van der Waals surface area contributed by atoms with Gasteiger partial charge in [-0.05, 0) is 66.6 Å². The highest BCUT2D eigenvalue weighted by Crippen LogP contribution is 2.34. The SMILES string of the molecule is CCC(Sc1cccc(NC(=O)/C(=C\c2ccc(F)cc2)NC(=O)c2ccccc2)c1)C(=O)Nc1cccc2c1C(=O)c1ccccc1C2=O. The van der Waals surface area contributed by atoms with E-state index in [9.17, 15) is 28.4 Å². The molecule has 1 atom stereocenters. The molecule has 0 heterocycles. The van der Waals surface area contributed by atoms with E-state index >= 15 is 0 Å². The summed E-state index contributed by atoms with van der Waals surface area (Å²) < 4.78 is 13.5. The number of fused-ring (bicyclic) bond motifs is 2. The maximum absolute atomic E-state index is 13.6. The van der Waals surface area contributed by atoms with Crippen molar-refractivity contribution in [2.75, 3.05) is 10.6 Å². The molecule has 1 aliphatic rings. The van der Waals surface area contributed by atoms with Crippen LogP contribution in [0.5, 0.6) is 0 Å². The number of hydrogen-bond donors (Lipinski definition) is 3. The quantitative estimate of drug-likeness (QED) is 0.101. The largest absolute Gasteiger partial charge is 0.324 e. The highest BCUT2D eigenvalue weighted by atomic mass is 32.2. The van der Waals surface area contributed by atoms with Crippen LogP contribution < -0.4 is 16.0 Å². The van der Waals surface area contributed by atoms with E-state index in [4.69, 9.17) is 0 Å². The Morgan fingerprint density at radius 2 is 1.40 bits per heavy atom. The zero-order chi connectivity index (χ0) is 35.2. The number of hydrogen-bond acceptors (Lipinski definition) is 6. The number of halogens is 1. The molecule has 0 saturated carbocycles. The second-order valence-corrected chi connectivity index (χ2v) is 12.6. The van der Waals surface area contributed by atoms with Gasteiger partial charge in [-0.15, -0.1) is 11.8 Å². The summed E-state index contributed by atoms with van der Waals surface area (Å²) in [4.78, 5) is 67.3. The Hall–Kier alpha value is -6.13. The van der Waals surface area contributed by atoms with Crippen molar-refractivity contribution in [2.24, 2.45) is 0 Å². The van der Waals surface area contributed by atoms with Crippen molar-refractivity contribution in [1.29, 1.82) is 0 Å². The molecule has 0 fully saturated rings. The highest BCUT2D eigenvalue weighted by molar-refractivity contribution is 8.00. The Bertz CT molecular complexity index is 2170. The normalized spacial score (nSPS) is 12.7. The molecule has 3 N–H and O–H groups in total.